The SMILES string of the molecule is CC(C)(C)OC(=O)N1CCN(Cc2ccc([N+](=O)[O-])cc2F)C(=O)C1. The van der Waals surface area contributed by atoms with Gasteiger partial charge in [-0.15, -0.1) is 0 Å². The van der Waals surface area contributed by atoms with Crippen molar-refractivity contribution in [3.8, 4) is 0 Å². The van der Waals surface area contributed by atoms with Crippen LogP contribution < -0.4 is 0 Å². The number of rotatable bonds is 3. The van der Waals surface area contributed by atoms with Gasteiger partial charge in [-0.2, -0.15) is 0 Å². The summed E-state index contributed by atoms with van der Waals surface area (Å²) in [5.41, 5.74) is -0.814. The van der Waals surface area contributed by atoms with Crippen molar-refractivity contribution in [2.45, 2.75) is 32.9 Å². The Balaban J connectivity index is 1.99. The van der Waals surface area contributed by atoms with Gasteiger partial charge >= 0.3 is 6.09 Å². The lowest BCUT2D eigenvalue weighted by molar-refractivity contribution is -0.385. The van der Waals surface area contributed by atoms with E-state index in [9.17, 15) is 24.1 Å². The van der Waals surface area contributed by atoms with Crippen LogP contribution in [0.15, 0.2) is 18.2 Å². The number of piperazine rings is 1. The molecule has 2 amide bonds. The molecule has 9 heteroatoms. The Kier molecular flexibility index (Phi) is 5.24. The molecule has 0 saturated carbocycles. The Morgan fingerprint density at radius 2 is 2.04 bits per heavy atom. The number of amides is 2. The molecule has 1 aromatic carbocycles. The third-order valence-corrected chi connectivity index (χ3v) is 3.58. The predicted molar refractivity (Wildman–Crippen MR) is 86.3 cm³/mol. The van der Waals surface area contributed by atoms with E-state index in [4.69, 9.17) is 4.74 Å². The molecule has 1 heterocycles. The first-order chi connectivity index (χ1) is 11.6. The highest BCUT2D eigenvalue weighted by molar-refractivity contribution is 5.83. The van der Waals surface area contributed by atoms with Crippen LogP contribution in [0, 0.1) is 15.9 Å². The molecule has 8 nitrogen and oxygen atoms in total. The van der Waals surface area contributed by atoms with Crippen LogP contribution in [0.4, 0.5) is 14.9 Å². The summed E-state index contributed by atoms with van der Waals surface area (Å²) in [6.07, 6.45) is -0.568. The number of hydrogen-bond acceptors (Lipinski definition) is 5. The summed E-state index contributed by atoms with van der Waals surface area (Å²) >= 11 is 0. The molecule has 1 aliphatic rings. The molecule has 0 unspecified atom stereocenters. The number of carbonyl (C=O) groups excluding carboxylic acids is 2. The summed E-state index contributed by atoms with van der Waals surface area (Å²) in [5.74, 6) is -1.08. The monoisotopic (exact) mass is 353 g/mol. The maximum Gasteiger partial charge on any atom is 0.410 e. The van der Waals surface area contributed by atoms with Crippen LogP contribution >= 0.6 is 0 Å². The van der Waals surface area contributed by atoms with E-state index in [-0.39, 0.29) is 43.3 Å². The van der Waals surface area contributed by atoms with Gasteiger partial charge in [0.25, 0.3) is 5.69 Å². The van der Waals surface area contributed by atoms with Crippen LogP contribution in [0.2, 0.25) is 0 Å². The van der Waals surface area contributed by atoms with Crippen LogP contribution in [0.1, 0.15) is 26.3 Å². The number of benzene rings is 1. The fraction of sp³-hybridized carbons (Fsp3) is 0.500. The zero-order valence-corrected chi connectivity index (χ0v) is 14.3. The second-order valence-corrected chi connectivity index (χ2v) is 6.75. The van der Waals surface area contributed by atoms with Gasteiger partial charge in [-0.3, -0.25) is 19.8 Å². The lowest BCUT2D eigenvalue weighted by Gasteiger charge is -2.35. The van der Waals surface area contributed by atoms with E-state index in [1.807, 2.05) is 0 Å². The number of carbonyl (C=O) groups is 2. The van der Waals surface area contributed by atoms with Gasteiger partial charge in [-0.05, 0) is 26.8 Å². The second-order valence-electron chi connectivity index (χ2n) is 6.75. The number of hydrogen-bond donors (Lipinski definition) is 0. The third kappa shape index (κ3) is 4.88. The number of nitro groups is 1. The molecule has 25 heavy (non-hydrogen) atoms. The number of nitro benzene ring substituents is 1. The molecule has 1 fully saturated rings. The summed E-state index contributed by atoms with van der Waals surface area (Å²) in [4.78, 5) is 36.9. The Morgan fingerprint density at radius 1 is 1.36 bits per heavy atom. The zero-order valence-electron chi connectivity index (χ0n) is 14.3. The van der Waals surface area contributed by atoms with Gasteiger partial charge in [-0.25, -0.2) is 9.18 Å². The average Bonchev–Trinajstić information content (AvgIpc) is 2.49. The highest BCUT2D eigenvalue weighted by Crippen LogP contribution is 2.19. The minimum Gasteiger partial charge on any atom is -0.444 e. The molecule has 0 spiro atoms. The highest BCUT2D eigenvalue weighted by atomic mass is 19.1. The molecule has 136 valence electrons. The van der Waals surface area contributed by atoms with Crippen LogP contribution in [0.3, 0.4) is 0 Å². The highest BCUT2D eigenvalue weighted by Gasteiger charge is 2.30. The average molecular weight is 353 g/mol. The van der Waals surface area contributed by atoms with Crippen molar-refractivity contribution in [3.63, 3.8) is 0 Å². The molecule has 0 N–H and O–H groups in total. The van der Waals surface area contributed by atoms with Gasteiger partial charge in [0.15, 0.2) is 0 Å². The maximum absolute atomic E-state index is 14.0. The van der Waals surface area contributed by atoms with E-state index in [1.165, 1.54) is 21.9 Å². The first-order valence-electron chi connectivity index (χ1n) is 7.75. The molecule has 1 aromatic rings. The van der Waals surface area contributed by atoms with Crippen LogP contribution in [0.5, 0.6) is 0 Å². The first-order valence-corrected chi connectivity index (χ1v) is 7.75. The minimum atomic E-state index is -0.739. The van der Waals surface area contributed by atoms with Crippen LogP contribution in [-0.2, 0) is 16.1 Å². The van der Waals surface area contributed by atoms with E-state index >= 15 is 0 Å². The van der Waals surface area contributed by atoms with Gasteiger partial charge in [0.05, 0.1) is 11.0 Å². The van der Waals surface area contributed by atoms with Crippen molar-refractivity contribution in [3.05, 3.63) is 39.7 Å². The van der Waals surface area contributed by atoms with Gasteiger partial charge in [0.2, 0.25) is 5.91 Å². The Labute approximate surface area is 144 Å². The molecule has 0 radical (unpaired) electrons. The molecule has 1 aliphatic heterocycles. The molecule has 0 aliphatic carbocycles. The number of non-ortho nitro benzene ring substituents is 1. The lowest BCUT2D eigenvalue weighted by Crippen LogP contribution is -2.52. The summed E-state index contributed by atoms with van der Waals surface area (Å²) in [7, 11) is 0. The quantitative estimate of drug-likeness (QED) is 0.614. The van der Waals surface area contributed by atoms with Gasteiger partial charge in [0, 0.05) is 31.3 Å². The molecular formula is C16H20FN3O5. The van der Waals surface area contributed by atoms with E-state index in [1.54, 1.807) is 20.8 Å². The van der Waals surface area contributed by atoms with Crippen molar-refractivity contribution in [2.24, 2.45) is 0 Å². The summed E-state index contributed by atoms with van der Waals surface area (Å²) in [6, 6.07) is 3.32. The van der Waals surface area contributed by atoms with Crippen molar-refractivity contribution in [1.29, 1.82) is 0 Å². The smallest absolute Gasteiger partial charge is 0.410 e. The van der Waals surface area contributed by atoms with Crippen molar-refractivity contribution in [1.82, 2.24) is 9.80 Å². The van der Waals surface area contributed by atoms with Gasteiger partial charge < -0.3 is 9.64 Å². The molecule has 1 saturated heterocycles. The largest absolute Gasteiger partial charge is 0.444 e. The van der Waals surface area contributed by atoms with E-state index in [0.717, 1.165) is 6.07 Å². The van der Waals surface area contributed by atoms with Crippen molar-refractivity contribution < 1.29 is 23.6 Å². The fourth-order valence-electron chi connectivity index (χ4n) is 2.34. The van der Waals surface area contributed by atoms with Crippen molar-refractivity contribution >= 4 is 17.7 Å². The normalized spacial score (nSPS) is 15.3. The standard InChI is InChI=1S/C16H20FN3O5/c1-16(2,3)25-15(22)19-7-6-18(14(21)10-19)9-11-4-5-12(20(23)24)8-13(11)17/h4-5,8H,6-7,9-10H2,1-3H3. The number of nitrogens with zero attached hydrogens (tertiary/aromatic N) is 3. The Hall–Kier alpha value is -2.71. The van der Waals surface area contributed by atoms with E-state index < -0.39 is 22.4 Å². The van der Waals surface area contributed by atoms with E-state index in [0.29, 0.717) is 0 Å². The predicted octanol–water partition coefficient (Wildman–Crippen LogP) is 2.31. The summed E-state index contributed by atoms with van der Waals surface area (Å²) < 4.78 is 19.2. The molecule has 2 rings (SSSR count). The lowest BCUT2D eigenvalue weighted by atomic mass is 10.1. The Morgan fingerprint density at radius 3 is 2.56 bits per heavy atom. The van der Waals surface area contributed by atoms with Crippen molar-refractivity contribution in [2.75, 3.05) is 19.6 Å². The van der Waals surface area contributed by atoms with Crippen LogP contribution in [-0.4, -0.2) is 52.0 Å². The summed E-state index contributed by atoms with van der Waals surface area (Å²) in [6.45, 7) is 5.55. The van der Waals surface area contributed by atoms with Crippen LogP contribution in [0.25, 0.3) is 0 Å². The topological polar surface area (TPSA) is 93.0 Å². The van der Waals surface area contributed by atoms with E-state index in [2.05, 4.69) is 0 Å². The molecule has 0 atom stereocenters. The molecular weight excluding hydrogens is 333 g/mol. The minimum absolute atomic E-state index is 0.00911. The number of ether oxygens (including phenoxy) is 1. The van der Waals surface area contributed by atoms with Gasteiger partial charge in [-0.1, -0.05) is 0 Å². The number of halogens is 1. The zero-order chi connectivity index (χ0) is 18.8. The van der Waals surface area contributed by atoms with Gasteiger partial charge in [0.1, 0.15) is 18.0 Å². The summed E-state index contributed by atoms with van der Waals surface area (Å²) in [5, 5.41) is 10.6. The molecule has 0 aromatic heterocycles. The maximum atomic E-state index is 14.0. The molecule has 0 bridgehead atoms. The third-order valence-electron chi connectivity index (χ3n) is 3.58. The fourth-order valence-corrected chi connectivity index (χ4v) is 2.34. The Bertz CT molecular complexity index is 702. The second kappa shape index (κ2) is 7.04. The first kappa shape index (κ1) is 18.6.